The number of nitrogens with one attached hydrogen (secondary N) is 1. The number of alkyl halides is 1. The molecule has 0 bridgehead atoms. The second-order valence-corrected chi connectivity index (χ2v) is 9.21. The average Bonchev–Trinajstić information content (AvgIpc) is 3.43. The third kappa shape index (κ3) is 5.44. The van der Waals surface area contributed by atoms with E-state index in [1.807, 2.05) is 30.3 Å². The molecule has 8 nitrogen and oxygen atoms in total. The molecule has 2 aliphatic heterocycles. The van der Waals surface area contributed by atoms with Gasteiger partial charge in [0.1, 0.15) is 18.1 Å². The molecule has 3 amide bonds. The van der Waals surface area contributed by atoms with E-state index < -0.39 is 28.9 Å². The highest BCUT2D eigenvalue weighted by Gasteiger charge is 2.43. The predicted octanol–water partition coefficient (Wildman–Crippen LogP) is 1.56. The van der Waals surface area contributed by atoms with Crippen molar-refractivity contribution in [3.8, 4) is 0 Å². The van der Waals surface area contributed by atoms with Crippen LogP contribution in [0, 0.1) is 0 Å². The first-order valence-electron chi connectivity index (χ1n) is 10.6. The zero-order valence-corrected chi connectivity index (χ0v) is 19.1. The van der Waals surface area contributed by atoms with Crippen molar-refractivity contribution in [2.75, 3.05) is 13.1 Å². The van der Waals surface area contributed by atoms with Gasteiger partial charge in [-0.1, -0.05) is 46.3 Å². The Morgan fingerprint density at radius 3 is 2.32 bits per heavy atom. The SMILES string of the molecule is C[C@H](NC(=O)C(Br)Cc1ccccc1)C(=O)N1CCC[C@H]1C(=O)N1CCC[C@H]1C(=O)O. The second kappa shape index (κ2) is 10.3. The van der Waals surface area contributed by atoms with Gasteiger partial charge in [0.25, 0.3) is 0 Å². The summed E-state index contributed by atoms with van der Waals surface area (Å²) in [6.45, 7) is 2.42. The molecular formula is C22H28BrN3O5. The van der Waals surface area contributed by atoms with Crippen LogP contribution in [0.25, 0.3) is 0 Å². The Labute approximate surface area is 190 Å². The first-order chi connectivity index (χ1) is 14.8. The normalized spacial score (nSPS) is 22.8. The zero-order valence-electron chi connectivity index (χ0n) is 17.5. The van der Waals surface area contributed by atoms with Crippen LogP contribution in [0.15, 0.2) is 30.3 Å². The van der Waals surface area contributed by atoms with Gasteiger partial charge in [-0.05, 0) is 44.6 Å². The molecule has 0 aliphatic carbocycles. The number of aliphatic carboxylic acids is 1. The molecule has 4 atom stereocenters. The Balaban J connectivity index is 1.59. The largest absolute Gasteiger partial charge is 0.480 e. The molecule has 2 aliphatic rings. The van der Waals surface area contributed by atoms with Crippen LogP contribution < -0.4 is 5.32 Å². The highest BCUT2D eigenvalue weighted by molar-refractivity contribution is 9.10. The molecule has 2 fully saturated rings. The summed E-state index contributed by atoms with van der Waals surface area (Å²) in [4.78, 5) is 52.4. The van der Waals surface area contributed by atoms with E-state index in [1.165, 1.54) is 9.80 Å². The highest BCUT2D eigenvalue weighted by Crippen LogP contribution is 2.25. The van der Waals surface area contributed by atoms with E-state index in [2.05, 4.69) is 21.2 Å². The monoisotopic (exact) mass is 493 g/mol. The highest BCUT2D eigenvalue weighted by atomic mass is 79.9. The van der Waals surface area contributed by atoms with Gasteiger partial charge in [0.05, 0.1) is 4.83 Å². The molecule has 0 aromatic heterocycles. The fourth-order valence-electron chi connectivity index (χ4n) is 4.29. The van der Waals surface area contributed by atoms with Crippen molar-refractivity contribution in [2.24, 2.45) is 0 Å². The molecule has 0 radical (unpaired) electrons. The summed E-state index contributed by atoms with van der Waals surface area (Å²) in [6.07, 6.45) is 2.74. The molecule has 0 spiro atoms. The third-order valence-electron chi connectivity index (χ3n) is 5.91. The minimum atomic E-state index is -1.01. The van der Waals surface area contributed by atoms with Gasteiger partial charge in [0.2, 0.25) is 17.7 Å². The number of carbonyl (C=O) groups is 4. The van der Waals surface area contributed by atoms with E-state index in [9.17, 15) is 24.3 Å². The van der Waals surface area contributed by atoms with Crippen LogP contribution in [-0.4, -0.2) is 74.6 Å². The molecule has 1 aromatic carbocycles. The van der Waals surface area contributed by atoms with Crippen LogP contribution in [0.4, 0.5) is 0 Å². The first-order valence-corrected chi connectivity index (χ1v) is 11.5. The van der Waals surface area contributed by atoms with Crippen molar-refractivity contribution in [1.82, 2.24) is 15.1 Å². The van der Waals surface area contributed by atoms with Gasteiger partial charge in [-0.15, -0.1) is 0 Å². The maximum atomic E-state index is 13.0. The van der Waals surface area contributed by atoms with Gasteiger partial charge in [-0.3, -0.25) is 14.4 Å². The maximum Gasteiger partial charge on any atom is 0.326 e. The van der Waals surface area contributed by atoms with Crippen molar-refractivity contribution < 1.29 is 24.3 Å². The van der Waals surface area contributed by atoms with Crippen LogP contribution in [-0.2, 0) is 25.6 Å². The summed E-state index contributed by atoms with van der Waals surface area (Å²) in [5, 5.41) is 12.1. The van der Waals surface area contributed by atoms with Crippen LogP contribution in [0.3, 0.4) is 0 Å². The van der Waals surface area contributed by atoms with E-state index in [0.717, 1.165) is 5.56 Å². The van der Waals surface area contributed by atoms with Gasteiger partial charge in [-0.2, -0.15) is 0 Å². The number of nitrogens with zero attached hydrogens (tertiary/aromatic N) is 2. The lowest BCUT2D eigenvalue weighted by Crippen LogP contribution is -2.55. The molecule has 9 heteroatoms. The second-order valence-electron chi connectivity index (χ2n) is 8.11. The van der Waals surface area contributed by atoms with E-state index in [1.54, 1.807) is 6.92 Å². The standard InChI is InChI=1S/C22H28BrN3O5/c1-14(24-19(27)16(23)13-15-7-3-2-4-8-15)20(28)25-11-5-9-17(25)21(29)26-12-6-10-18(26)22(30)31/h2-4,7-8,14,16-18H,5-6,9-13H2,1H3,(H,24,27)(H,30,31)/t14-,16?,17-,18-/m0/s1. The lowest BCUT2D eigenvalue weighted by atomic mass is 10.1. The maximum absolute atomic E-state index is 13.0. The summed E-state index contributed by atoms with van der Waals surface area (Å²) >= 11 is 3.39. The Morgan fingerprint density at radius 2 is 1.68 bits per heavy atom. The van der Waals surface area contributed by atoms with Crippen LogP contribution in [0.2, 0.25) is 0 Å². The molecule has 2 N–H and O–H groups in total. The third-order valence-corrected chi connectivity index (χ3v) is 6.65. The van der Waals surface area contributed by atoms with Crippen molar-refractivity contribution >= 4 is 39.6 Å². The van der Waals surface area contributed by atoms with E-state index >= 15 is 0 Å². The molecule has 1 aromatic rings. The zero-order chi connectivity index (χ0) is 22.5. The number of rotatable bonds is 7. The quantitative estimate of drug-likeness (QED) is 0.560. The number of carboxylic acid groups (broad SMARTS) is 1. The summed E-state index contributed by atoms with van der Waals surface area (Å²) in [7, 11) is 0. The molecule has 168 valence electrons. The number of carboxylic acids is 1. The molecule has 1 unspecified atom stereocenters. The number of hydrogen-bond acceptors (Lipinski definition) is 4. The topological polar surface area (TPSA) is 107 Å². The Kier molecular flexibility index (Phi) is 7.69. The smallest absolute Gasteiger partial charge is 0.326 e. The van der Waals surface area contributed by atoms with E-state index in [4.69, 9.17) is 0 Å². The van der Waals surface area contributed by atoms with Gasteiger partial charge in [0.15, 0.2) is 0 Å². The predicted molar refractivity (Wildman–Crippen MR) is 118 cm³/mol. The molecular weight excluding hydrogens is 466 g/mol. The van der Waals surface area contributed by atoms with Crippen LogP contribution in [0.5, 0.6) is 0 Å². The average molecular weight is 494 g/mol. The first kappa shape index (κ1) is 23.2. The molecule has 0 saturated carbocycles. The minimum Gasteiger partial charge on any atom is -0.480 e. The van der Waals surface area contributed by atoms with Crippen molar-refractivity contribution in [3.05, 3.63) is 35.9 Å². The number of halogens is 1. The molecule has 31 heavy (non-hydrogen) atoms. The van der Waals surface area contributed by atoms with Gasteiger partial charge < -0.3 is 20.2 Å². The van der Waals surface area contributed by atoms with Gasteiger partial charge >= 0.3 is 5.97 Å². The Hall–Kier alpha value is -2.42. The fraction of sp³-hybridized carbons (Fsp3) is 0.545. The number of likely N-dealkylation sites (tertiary alicyclic amines) is 2. The molecule has 3 rings (SSSR count). The van der Waals surface area contributed by atoms with Crippen molar-refractivity contribution in [2.45, 2.75) is 62.0 Å². The summed E-state index contributed by atoms with van der Waals surface area (Å²) in [5.41, 5.74) is 1.00. The lowest BCUT2D eigenvalue weighted by Gasteiger charge is -2.31. The fourth-order valence-corrected chi connectivity index (χ4v) is 4.80. The minimum absolute atomic E-state index is 0.294. The van der Waals surface area contributed by atoms with Gasteiger partial charge in [-0.25, -0.2) is 4.79 Å². The summed E-state index contributed by atoms with van der Waals surface area (Å²) in [6, 6.07) is 7.29. The van der Waals surface area contributed by atoms with E-state index in [0.29, 0.717) is 45.2 Å². The van der Waals surface area contributed by atoms with Crippen LogP contribution in [0.1, 0.15) is 38.2 Å². The number of carbonyl (C=O) groups excluding carboxylic acids is 3. The number of hydrogen-bond donors (Lipinski definition) is 2. The number of benzene rings is 1. The Morgan fingerprint density at radius 1 is 1.06 bits per heavy atom. The van der Waals surface area contributed by atoms with Crippen molar-refractivity contribution in [1.29, 1.82) is 0 Å². The molecule has 2 saturated heterocycles. The number of amides is 3. The lowest BCUT2D eigenvalue weighted by molar-refractivity contribution is -0.152. The summed E-state index contributed by atoms with van der Waals surface area (Å²) < 4.78 is 0. The Bertz CT molecular complexity index is 834. The summed E-state index contributed by atoms with van der Waals surface area (Å²) in [5.74, 6) is -1.94. The van der Waals surface area contributed by atoms with Crippen LogP contribution >= 0.6 is 15.9 Å². The van der Waals surface area contributed by atoms with E-state index in [-0.39, 0.29) is 17.7 Å². The molecule has 2 heterocycles. The van der Waals surface area contributed by atoms with Gasteiger partial charge in [0, 0.05) is 13.1 Å². The van der Waals surface area contributed by atoms with Crippen molar-refractivity contribution in [3.63, 3.8) is 0 Å².